The largest absolute Gasteiger partial charge is 0.692 e. The molecule has 0 radical (unpaired) electrons. The molecule has 0 aromatic carbocycles. The quantitative estimate of drug-likeness (QED) is 0.363. The van der Waals surface area contributed by atoms with E-state index in [1.807, 2.05) is 0 Å². The van der Waals surface area contributed by atoms with Gasteiger partial charge >= 0.3 is 11.8 Å². The van der Waals surface area contributed by atoms with E-state index in [2.05, 4.69) is 15.6 Å². The number of nitrogens with zero attached hydrogens (tertiary/aromatic N) is 4. The van der Waals surface area contributed by atoms with E-state index < -0.39 is 11.8 Å². The van der Waals surface area contributed by atoms with Gasteiger partial charge in [0.2, 0.25) is 5.22 Å². The minimum Gasteiger partial charge on any atom is -0.692 e. The number of hydroxylamine groups is 1. The molecule has 1 rings (SSSR count). The lowest BCUT2D eigenvalue weighted by molar-refractivity contribution is -0.585. The van der Waals surface area contributed by atoms with Gasteiger partial charge in [-0.1, -0.05) is 0 Å². The van der Waals surface area contributed by atoms with Crippen LogP contribution >= 0.6 is 0 Å². The van der Waals surface area contributed by atoms with Crippen LogP contribution in [0.25, 0.3) is 0 Å². The summed E-state index contributed by atoms with van der Waals surface area (Å²) in [6, 6.07) is 0. The molecule has 1 atom stereocenters. The number of hydrogen-bond acceptors (Lipinski definition) is 6. The van der Waals surface area contributed by atoms with Crippen LogP contribution < -0.4 is 5.73 Å². The molecule has 0 saturated carbocycles. The van der Waals surface area contributed by atoms with Crippen LogP contribution in [0.5, 0.6) is 0 Å². The monoisotopic (exact) mass is 145 g/mol. The Morgan fingerprint density at radius 1 is 1.80 bits per heavy atom. The van der Waals surface area contributed by atoms with Crippen LogP contribution in [-0.2, 0) is 4.79 Å². The average molecular weight is 145 g/mol. The lowest BCUT2D eigenvalue weighted by Crippen LogP contribution is -2.51. The topological polar surface area (TPSA) is 126 Å². The highest BCUT2D eigenvalue weighted by molar-refractivity contribution is 5.75. The second-order valence-corrected chi connectivity index (χ2v) is 1.58. The van der Waals surface area contributed by atoms with Crippen LogP contribution in [0.4, 0.5) is 0 Å². The summed E-state index contributed by atoms with van der Waals surface area (Å²) in [6.07, 6.45) is 0. The van der Waals surface area contributed by atoms with Gasteiger partial charge in [0.1, 0.15) is 0 Å². The van der Waals surface area contributed by atoms with Gasteiger partial charge in [-0.3, -0.25) is 5.73 Å². The molecule has 54 valence electrons. The highest BCUT2D eigenvalue weighted by atomic mass is 16.5. The lowest BCUT2D eigenvalue weighted by Gasteiger charge is -2.11. The number of carbonyl (C=O) groups is 1. The first-order valence-corrected chi connectivity index (χ1v) is 2.20. The molecule has 10 heavy (non-hydrogen) atoms. The maximum atomic E-state index is 10.4. The molecule has 0 fully saturated rings. The number of rotatable bonds is 1. The number of hydrogen-bond donors (Lipinski definition) is 2. The molecule has 0 spiro atoms. The molecule has 1 heterocycles. The highest BCUT2D eigenvalue weighted by Gasteiger charge is 2.47. The zero-order valence-electron chi connectivity index (χ0n) is 4.63. The predicted molar refractivity (Wildman–Crippen MR) is 25.5 cm³/mol. The standard InChI is InChI=1S/C2H3N5O3/c3-2(1(8)9)4-5-6-7(2)10/h3H2,(H,8,9). The minimum absolute atomic E-state index is 0.282. The van der Waals surface area contributed by atoms with Crippen LogP contribution in [0.1, 0.15) is 0 Å². The summed E-state index contributed by atoms with van der Waals surface area (Å²) in [4.78, 5) is 9.87. The maximum Gasteiger partial charge on any atom is 0.415 e. The summed E-state index contributed by atoms with van der Waals surface area (Å²) in [6.45, 7) is 0. The van der Waals surface area contributed by atoms with Crippen molar-refractivity contribution in [2.24, 2.45) is 21.3 Å². The lowest BCUT2D eigenvalue weighted by atomic mass is 10.4. The highest BCUT2D eigenvalue weighted by Crippen LogP contribution is 2.11. The predicted octanol–water partition coefficient (Wildman–Crippen LogP) is -0.973. The Balaban J connectivity index is 3.00. The van der Waals surface area contributed by atoms with Crippen LogP contribution in [-0.4, -0.2) is 21.7 Å². The van der Waals surface area contributed by atoms with Crippen LogP contribution in [0, 0.1) is 5.21 Å². The molecule has 0 amide bonds. The van der Waals surface area contributed by atoms with Crippen molar-refractivity contribution in [3.05, 3.63) is 5.21 Å². The zero-order valence-corrected chi connectivity index (χ0v) is 4.63. The van der Waals surface area contributed by atoms with Gasteiger partial charge in [-0.25, -0.2) is 4.79 Å². The third-order valence-electron chi connectivity index (χ3n) is 0.925. The first kappa shape index (κ1) is 6.55. The Hall–Kier alpha value is -1.57. The van der Waals surface area contributed by atoms with E-state index in [-0.39, 0.29) is 4.86 Å². The second-order valence-electron chi connectivity index (χ2n) is 1.58. The molecule has 0 saturated heterocycles. The summed E-state index contributed by atoms with van der Waals surface area (Å²) in [5, 5.41) is 27.1. The van der Waals surface area contributed by atoms with Crippen molar-refractivity contribution in [2.45, 2.75) is 5.79 Å². The van der Waals surface area contributed by atoms with E-state index in [0.717, 1.165) is 0 Å². The third-order valence-corrected chi connectivity index (χ3v) is 0.925. The Bertz CT molecular complexity index is 233. The Kier molecular flexibility index (Phi) is 1.12. The van der Waals surface area contributed by atoms with Gasteiger partial charge in [-0.2, -0.15) is 0 Å². The molecule has 0 bridgehead atoms. The molecule has 0 aromatic rings. The zero-order chi connectivity index (χ0) is 7.78. The van der Waals surface area contributed by atoms with E-state index in [0.29, 0.717) is 0 Å². The average Bonchev–Trinajstić information content (AvgIpc) is 2.15. The van der Waals surface area contributed by atoms with E-state index in [4.69, 9.17) is 10.8 Å². The Morgan fingerprint density at radius 2 is 2.40 bits per heavy atom. The van der Waals surface area contributed by atoms with E-state index in [1.54, 1.807) is 0 Å². The van der Waals surface area contributed by atoms with E-state index in [9.17, 15) is 10.0 Å². The van der Waals surface area contributed by atoms with Crippen LogP contribution in [0.2, 0.25) is 0 Å². The van der Waals surface area contributed by atoms with Gasteiger partial charge in [-0.15, -0.1) is 4.86 Å². The maximum absolute atomic E-state index is 10.4. The van der Waals surface area contributed by atoms with Crippen molar-refractivity contribution in [3.8, 4) is 0 Å². The first-order chi connectivity index (χ1) is 4.57. The second kappa shape index (κ2) is 1.70. The van der Waals surface area contributed by atoms with Gasteiger partial charge < -0.3 is 10.3 Å². The summed E-state index contributed by atoms with van der Waals surface area (Å²) in [5.41, 5.74) is 4.91. The third kappa shape index (κ3) is 0.624. The number of nitrogens with two attached hydrogens (primary N) is 1. The van der Waals surface area contributed by atoms with Crippen molar-refractivity contribution in [1.82, 2.24) is 0 Å². The molecule has 1 aliphatic rings. The molecular formula is C2H3N5O3. The summed E-state index contributed by atoms with van der Waals surface area (Å²) < 4.78 is 0. The normalized spacial score (nSPS) is 30.3. The molecule has 8 heteroatoms. The number of carboxylic acids is 1. The molecule has 1 aliphatic heterocycles. The molecule has 0 aromatic heterocycles. The van der Waals surface area contributed by atoms with E-state index >= 15 is 0 Å². The molecular weight excluding hydrogens is 142 g/mol. The molecule has 3 N–H and O–H groups in total. The fourth-order valence-electron chi connectivity index (χ4n) is 0.356. The molecule has 1 unspecified atom stereocenters. The van der Waals surface area contributed by atoms with Gasteiger partial charge in [0.15, 0.2) is 5.22 Å². The van der Waals surface area contributed by atoms with Crippen molar-refractivity contribution in [3.63, 3.8) is 0 Å². The van der Waals surface area contributed by atoms with Gasteiger partial charge in [-0.05, 0) is 0 Å². The SMILES string of the molecule is NC1(C(=O)O)N=NN=[N+]1[O-]. The van der Waals surface area contributed by atoms with Crippen molar-refractivity contribution < 1.29 is 14.8 Å². The fraction of sp³-hybridized carbons (Fsp3) is 0.500. The van der Waals surface area contributed by atoms with Crippen LogP contribution in [0.15, 0.2) is 15.6 Å². The summed E-state index contributed by atoms with van der Waals surface area (Å²) >= 11 is 0. The smallest absolute Gasteiger partial charge is 0.415 e. The van der Waals surface area contributed by atoms with Crippen LogP contribution in [0.3, 0.4) is 0 Å². The Morgan fingerprint density at radius 3 is 2.60 bits per heavy atom. The van der Waals surface area contributed by atoms with Gasteiger partial charge in [0.25, 0.3) is 0 Å². The van der Waals surface area contributed by atoms with Crippen molar-refractivity contribution >= 4 is 5.97 Å². The molecule has 0 aliphatic carbocycles. The number of carboxylic acid groups (broad SMARTS) is 1. The van der Waals surface area contributed by atoms with Gasteiger partial charge in [0, 0.05) is 5.11 Å². The number of aliphatic carboxylic acids is 1. The molecule has 8 nitrogen and oxygen atoms in total. The first-order valence-electron chi connectivity index (χ1n) is 2.20. The fourth-order valence-corrected chi connectivity index (χ4v) is 0.356. The minimum atomic E-state index is -2.36. The van der Waals surface area contributed by atoms with Crippen molar-refractivity contribution in [1.29, 1.82) is 0 Å². The van der Waals surface area contributed by atoms with Crippen molar-refractivity contribution in [2.75, 3.05) is 0 Å². The summed E-state index contributed by atoms with van der Waals surface area (Å²) in [5.74, 6) is -3.95. The summed E-state index contributed by atoms with van der Waals surface area (Å²) in [7, 11) is 0. The Labute approximate surface area is 54.2 Å². The van der Waals surface area contributed by atoms with E-state index in [1.165, 1.54) is 0 Å². The van der Waals surface area contributed by atoms with Gasteiger partial charge in [0.05, 0.1) is 0 Å².